The van der Waals surface area contributed by atoms with Crippen molar-refractivity contribution >= 4 is 33.4 Å². The van der Waals surface area contributed by atoms with Gasteiger partial charge in [0.25, 0.3) is 17.5 Å². The summed E-state index contributed by atoms with van der Waals surface area (Å²) in [6.07, 6.45) is 0. The van der Waals surface area contributed by atoms with Crippen LogP contribution in [-0.4, -0.2) is 30.5 Å². The maximum atomic E-state index is 12.5. The Hall–Kier alpha value is -3.28. The molecule has 2 N–H and O–H groups in total. The van der Waals surface area contributed by atoms with E-state index in [4.69, 9.17) is 4.74 Å². The van der Waals surface area contributed by atoms with Crippen LogP contribution in [0.25, 0.3) is 0 Å². The molecule has 0 unspecified atom stereocenters. The number of ether oxygens (including phenoxy) is 2. The van der Waals surface area contributed by atoms with E-state index in [2.05, 4.69) is 26.1 Å². The van der Waals surface area contributed by atoms with Crippen LogP contribution in [-0.2, 0) is 0 Å². The van der Waals surface area contributed by atoms with E-state index in [0.717, 1.165) is 13.2 Å². The lowest BCUT2D eigenvalue weighted by Crippen LogP contribution is -2.42. The fourth-order valence-electron chi connectivity index (χ4n) is 2.12. The second-order valence-electron chi connectivity index (χ2n) is 5.04. The number of methoxy groups -OCH3 is 1. The number of rotatable bonds is 6. The molecule has 0 atom stereocenters. The second kappa shape index (κ2) is 9.08. The number of benzene rings is 2. The quantitative estimate of drug-likeness (QED) is 0.505. The van der Waals surface area contributed by atoms with Crippen LogP contribution in [0.3, 0.4) is 0 Å². The Morgan fingerprint density at radius 3 is 2.25 bits per heavy atom. The molecule has 0 radical (unpaired) electrons. The van der Waals surface area contributed by atoms with Crippen molar-refractivity contribution in [3.05, 3.63) is 62.1 Å². The van der Waals surface area contributed by atoms with Crippen LogP contribution in [0.2, 0.25) is 0 Å². The Kier molecular flexibility index (Phi) is 6.82. The van der Waals surface area contributed by atoms with Crippen molar-refractivity contribution < 1.29 is 32.8 Å². The predicted molar refractivity (Wildman–Crippen MR) is 95.4 cm³/mol. The largest absolute Gasteiger partial charge is 0.493 e. The molecule has 0 fully saturated rings. The highest BCUT2D eigenvalue weighted by Gasteiger charge is 2.26. The normalized spacial score (nSPS) is 10.3. The van der Waals surface area contributed by atoms with Crippen molar-refractivity contribution in [2.45, 2.75) is 6.61 Å². The van der Waals surface area contributed by atoms with Gasteiger partial charge in [-0.05, 0) is 28.1 Å². The van der Waals surface area contributed by atoms with Crippen LogP contribution in [0.4, 0.5) is 14.5 Å². The average Bonchev–Trinajstić information content (AvgIpc) is 2.65. The summed E-state index contributed by atoms with van der Waals surface area (Å²) in [6, 6.07) is 7.85. The van der Waals surface area contributed by atoms with E-state index >= 15 is 0 Å². The topological polar surface area (TPSA) is 120 Å². The molecule has 2 aromatic rings. The summed E-state index contributed by atoms with van der Waals surface area (Å²) >= 11 is 3.17. The van der Waals surface area contributed by atoms with Gasteiger partial charge in [-0.3, -0.25) is 30.6 Å². The zero-order valence-electron chi connectivity index (χ0n) is 14.1. The van der Waals surface area contributed by atoms with E-state index < -0.39 is 40.3 Å². The summed E-state index contributed by atoms with van der Waals surface area (Å²) in [4.78, 5) is 34.7. The summed E-state index contributed by atoms with van der Waals surface area (Å²) in [5, 5.41) is 11.2. The first-order valence-corrected chi connectivity index (χ1v) is 8.20. The van der Waals surface area contributed by atoms with Crippen molar-refractivity contribution in [2.24, 2.45) is 0 Å². The van der Waals surface area contributed by atoms with Crippen LogP contribution in [0.5, 0.6) is 11.5 Å². The van der Waals surface area contributed by atoms with Gasteiger partial charge in [0, 0.05) is 10.5 Å². The second-order valence-corrected chi connectivity index (χ2v) is 5.90. The van der Waals surface area contributed by atoms with Crippen LogP contribution >= 0.6 is 15.9 Å². The number of hydrogen-bond acceptors (Lipinski definition) is 6. The van der Waals surface area contributed by atoms with Crippen molar-refractivity contribution in [1.29, 1.82) is 0 Å². The number of alkyl halides is 2. The lowest BCUT2D eigenvalue weighted by atomic mass is 10.1. The molecular weight excluding hydrogens is 448 g/mol. The maximum Gasteiger partial charge on any atom is 0.387 e. The molecule has 0 heterocycles. The molecule has 0 aliphatic heterocycles. The van der Waals surface area contributed by atoms with Gasteiger partial charge in [-0.2, -0.15) is 8.78 Å². The van der Waals surface area contributed by atoms with Gasteiger partial charge in [0.1, 0.15) is 5.56 Å². The number of carbonyl (C=O) groups excluding carboxylic acids is 2. The molecule has 0 saturated heterocycles. The average molecular weight is 460 g/mol. The minimum Gasteiger partial charge on any atom is -0.493 e. The van der Waals surface area contributed by atoms with Gasteiger partial charge in [0.15, 0.2) is 11.5 Å². The van der Waals surface area contributed by atoms with Crippen molar-refractivity contribution in [3.8, 4) is 11.5 Å². The van der Waals surface area contributed by atoms with Gasteiger partial charge in [-0.1, -0.05) is 12.1 Å². The lowest BCUT2D eigenvalue weighted by Gasteiger charge is -2.13. The third-order valence-electron chi connectivity index (χ3n) is 3.35. The van der Waals surface area contributed by atoms with Gasteiger partial charge in [-0.15, -0.1) is 0 Å². The van der Waals surface area contributed by atoms with Gasteiger partial charge in [0.2, 0.25) is 0 Å². The fraction of sp³-hybridized carbons (Fsp3) is 0.125. The molecule has 148 valence electrons. The maximum absolute atomic E-state index is 12.5. The molecule has 2 aromatic carbocycles. The van der Waals surface area contributed by atoms with E-state index in [1.807, 2.05) is 5.43 Å². The highest BCUT2D eigenvalue weighted by atomic mass is 79.9. The number of nitro benzene ring substituents is 1. The highest BCUT2D eigenvalue weighted by Crippen LogP contribution is 2.35. The Balaban J connectivity index is 2.27. The van der Waals surface area contributed by atoms with Crippen LogP contribution in [0, 0.1) is 10.1 Å². The van der Waals surface area contributed by atoms with Crippen LogP contribution in [0.15, 0.2) is 40.9 Å². The van der Waals surface area contributed by atoms with Crippen LogP contribution in [0.1, 0.15) is 20.7 Å². The molecule has 0 saturated carbocycles. The third-order valence-corrected chi connectivity index (χ3v) is 4.04. The molecule has 12 heteroatoms. The summed E-state index contributed by atoms with van der Waals surface area (Å²) < 4.78 is 34.4. The standard InChI is InChI=1S/C16H12BrF2N3O6/c1-27-12-6-9(11(22(25)26)7-13(12)28-16(18)19)15(24)21-20-14(23)8-4-2-3-5-10(8)17/h2-7,16H,1H3,(H,20,23)(H,21,24). The molecule has 9 nitrogen and oxygen atoms in total. The molecular formula is C16H12BrF2N3O6. The number of nitrogens with zero attached hydrogens (tertiary/aromatic N) is 1. The van der Waals surface area contributed by atoms with E-state index in [-0.39, 0.29) is 11.3 Å². The van der Waals surface area contributed by atoms with Gasteiger partial charge < -0.3 is 9.47 Å². The number of nitro groups is 1. The van der Waals surface area contributed by atoms with E-state index in [1.165, 1.54) is 6.07 Å². The molecule has 2 amide bonds. The van der Waals surface area contributed by atoms with Crippen molar-refractivity contribution in [1.82, 2.24) is 10.9 Å². The molecule has 0 aliphatic carbocycles. The Morgan fingerprint density at radius 2 is 1.71 bits per heavy atom. The summed E-state index contributed by atoms with van der Waals surface area (Å²) in [5.74, 6) is -2.69. The van der Waals surface area contributed by atoms with Crippen molar-refractivity contribution in [3.63, 3.8) is 0 Å². The fourth-order valence-corrected chi connectivity index (χ4v) is 2.59. The van der Waals surface area contributed by atoms with Crippen LogP contribution < -0.4 is 20.3 Å². The Morgan fingerprint density at radius 1 is 1.11 bits per heavy atom. The van der Waals surface area contributed by atoms with Gasteiger partial charge >= 0.3 is 6.61 Å². The first-order valence-electron chi connectivity index (χ1n) is 7.41. The zero-order valence-corrected chi connectivity index (χ0v) is 15.7. The minimum atomic E-state index is -3.25. The van der Waals surface area contributed by atoms with E-state index in [9.17, 15) is 28.5 Å². The number of amides is 2. The highest BCUT2D eigenvalue weighted by molar-refractivity contribution is 9.10. The van der Waals surface area contributed by atoms with Crippen molar-refractivity contribution in [2.75, 3.05) is 7.11 Å². The predicted octanol–water partition coefficient (Wildman–Crippen LogP) is 3.04. The number of hydrogen-bond donors (Lipinski definition) is 2. The van der Waals surface area contributed by atoms with E-state index in [0.29, 0.717) is 10.5 Å². The minimum absolute atomic E-state index is 0.204. The number of nitrogens with one attached hydrogen (secondary N) is 2. The monoisotopic (exact) mass is 459 g/mol. The molecule has 0 bridgehead atoms. The molecule has 2 rings (SSSR count). The number of halogens is 3. The SMILES string of the molecule is COc1cc(C(=O)NNC(=O)c2ccccc2Br)c([N+](=O)[O-])cc1OC(F)F. The molecule has 0 aliphatic rings. The lowest BCUT2D eigenvalue weighted by molar-refractivity contribution is -0.385. The smallest absolute Gasteiger partial charge is 0.387 e. The first-order chi connectivity index (χ1) is 13.2. The molecule has 0 aromatic heterocycles. The Labute approximate surface area is 164 Å². The summed E-state index contributed by atoms with van der Waals surface area (Å²) in [5.41, 5.74) is 2.99. The molecule has 28 heavy (non-hydrogen) atoms. The number of hydrazine groups is 1. The Bertz CT molecular complexity index is 925. The van der Waals surface area contributed by atoms with Gasteiger partial charge in [0.05, 0.1) is 23.7 Å². The third kappa shape index (κ3) is 4.91. The molecule has 0 spiro atoms. The number of carbonyl (C=O) groups is 2. The first kappa shape index (κ1) is 21.0. The van der Waals surface area contributed by atoms with E-state index in [1.54, 1.807) is 18.2 Å². The summed E-state index contributed by atoms with van der Waals surface area (Å²) in [7, 11) is 1.11. The summed E-state index contributed by atoms with van der Waals surface area (Å²) in [6.45, 7) is -3.25. The zero-order chi connectivity index (χ0) is 20.8. The van der Waals surface area contributed by atoms with Gasteiger partial charge in [-0.25, -0.2) is 0 Å².